The summed E-state index contributed by atoms with van der Waals surface area (Å²) in [5.41, 5.74) is 1.11. The van der Waals surface area contributed by atoms with Crippen LogP contribution in [0.2, 0.25) is 0 Å². The highest BCUT2D eigenvalue weighted by atomic mass is 19.4. The molecule has 0 heterocycles. The molecule has 128 valence electrons. The minimum absolute atomic E-state index is 0.139. The van der Waals surface area contributed by atoms with Gasteiger partial charge < -0.3 is 4.74 Å². The topological polar surface area (TPSA) is 9.23 Å². The number of hydrogen-bond acceptors (Lipinski definition) is 1. The molecule has 0 saturated heterocycles. The first-order valence-electron chi connectivity index (χ1n) is 7.98. The average molecular weight is 338 g/mol. The zero-order valence-electron chi connectivity index (χ0n) is 13.1. The van der Waals surface area contributed by atoms with Gasteiger partial charge in [-0.05, 0) is 54.5 Å². The van der Waals surface area contributed by atoms with E-state index in [4.69, 9.17) is 0 Å². The summed E-state index contributed by atoms with van der Waals surface area (Å²) in [4.78, 5) is 0. The fraction of sp³-hybridized carbons (Fsp3) is 0.368. The van der Waals surface area contributed by atoms with Crippen LogP contribution in [0.3, 0.4) is 0 Å². The maximum Gasteiger partial charge on any atom is 0.573 e. The molecule has 0 aliphatic heterocycles. The molecule has 24 heavy (non-hydrogen) atoms. The molecule has 1 nitrogen and oxygen atoms in total. The van der Waals surface area contributed by atoms with Crippen molar-refractivity contribution >= 4 is 10.8 Å². The molecule has 3 rings (SSSR count). The monoisotopic (exact) mass is 338 g/mol. The van der Waals surface area contributed by atoms with Crippen molar-refractivity contribution in [2.75, 3.05) is 0 Å². The van der Waals surface area contributed by atoms with Gasteiger partial charge in [-0.15, -0.1) is 19.8 Å². The Kier molecular flexibility index (Phi) is 4.52. The average Bonchev–Trinajstić information content (AvgIpc) is 2.56. The molecule has 0 unspecified atom stereocenters. The predicted molar refractivity (Wildman–Crippen MR) is 85.5 cm³/mol. The second kappa shape index (κ2) is 6.46. The zero-order valence-corrected chi connectivity index (χ0v) is 13.1. The molecule has 0 N–H and O–H groups in total. The Hall–Kier alpha value is -2.04. The van der Waals surface area contributed by atoms with Crippen molar-refractivity contribution in [1.29, 1.82) is 0 Å². The molecular formula is C19H18F4O. The summed E-state index contributed by atoms with van der Waals surface area (Å²) in [5.74, 6) is -0.818. The van der Waals surface area contributed by atoms with Gasteiger partial charge in [-0.3, -0.25) is 0 Å². The van der Waals surface area contributed by atoms with Crippen LogP contribution in [0.4, 0.5) is 17.6 Å². The van der Waals surface area contributed by atoms with Crippen LogP contribution in [-0.2, 0) is 0 Å². The summed E-state index contributed by atoms with van der Waals surface area (Å²) in [5, 5.41) is 0.727. The van der Waals surface area contributed by atoms with Crippen LogP contribution in [0.25, 0.3) is 10.8 Å². The van der Waals surface area contributed by atoms with E-state index in [1.165, 1.54) is 6.07 Å². The minimum atomic E-state index is -4.90. The Morgan fingerprint density at radius 3 is 2.38 bits per heavy atom. The highest BCUT2D eigenvalue weighted by Gasteiger charge is 2.32. The van der Waals surface area contributed by atoms with E-state index in [1.54, 1.807) is 6.07 Å². The van der Waals surface area contributed by atoms with Crippen molar-refractivity contribution in [3.63, 3.8) is 0 Å². The first kappa shape index (κ1) is 16.8. The summed E-state index contributed by atoms with van der Waals surface area (Å²) in [6.45, 7) is 3.83. The maximum absolute atomic E-state index is 14.2. The highest BCUT2D eigenvalue weighted by Crippen LogP contribution is 2.38. The number of rotatable bonds is 3. The third-order valence-corrected chi connectivity index (χ3v) is 4.74. The van der Waals surface area contributed by atoms with Gasteiger partial charge in [0.1, 0.15) is 0 Å². The van der Waals surface area contributed by atoms with Crippen LogP contribution in [-0.4, -0.2) is 6.36 Å². The molecule has 0 spiro atoms. The minimum Gasteiger partial charge on any atom is -0.403 e. The third-order valence-electron chi connectivity index (χ3n) is 4.74. The van der Waals surface area contributed by atoms with E-state index in [2.05, 4.69) is 11.3 Å². The largest absolute Gasteiger partial charge is 0.573 e. The van der Waals surface area contributed by atoms with Crippen molar-refractivity contribution in [2.24, 2.45) is 5.92 Å². The standard InChI is InChI=1S/C19H18F4O/c1-2-12-3-5-13(6-4-12)14-7-9-16-15(11-14)8-10-17(18(16)20)24-19(21,22)23/h2,7-13H,1,3-6H2/t12-,13-. The van der Waals surface area contributed by atoms with Crippen LogP contribution < -0.4 is 4.74 Å². The molecule has 0 aromatic heterocycles. The Balaban J connectivity index is 1.87. The van der Waals surface area contributed by atoms with Gasteiger partial charge in [0.2, 0.25) is 0 Å². The van der Waals surface area contributed by atoms with Crippen molar-refractivity contribution in [3.05, 3.63) is 54.4 Å². The molecule has 1 aliphatic carbocycles. The summed E-state index contributed by atoms with van der Waals surface area (Å²) in [6, 6.07) is 7.72. The van der Waals surface area contributed by atoms with E-state index in [0.29, 0.717) is 17.2 Å². The molecule has 1 fully saturated rings. The lowest BCUT2D eigenvalue weighted by Gasteiger charge is -2.27. The highest BCUT2D eigenvalue weighted by molar-refractivity contribution is 5.85. The first-order valence-corrected chi connectivity index (χ1v) is 7.98. The molecule has 0 atom stereocenters. The molecule has 1 saturated carbocycles. The second-order valence-electron chi connectivity index (χ2n) is 6.25. The van der Waals surface area contributed by atoms with Gasteiger partial charge in [-0.2, -0.15) is 0 Å². The Bertz CT molecular complexity index is 743. The van der Waals surface area contributed by atoms with Crippen molar-refractivity contribution in [1.82, 2.24) is 0 Å². The molecular weight excluding hydrogens is 320 g/mol. The summed E-state index contributed by atoms with van der Waals surface area (Å²) in [7, 11) is 0. The predicted octanol–water partition coefficient (Wildman–Crippen LogP) is 6.34. The Morgan fingerprint density at radius 2 is 1.75 bits per heavy atom. The van der Waals surface area contributed by atoms with Gasteiger partial charge in [0, 0.05) is 5.39 Å². The number of benzene rings is 2. The van der Waals surface area contributed by atoms with Gasteiger partial charge in [-0.25, -0.2) is 4.39 Å². The number of ether oxygens (including phenoxy) is 1. The fourth-order valence-electron chi connectivity index (χ4n) is 3.44. The number of hydrogen-bond donors (Lipinski definition) is 0. The summed E-state index contributed by atoms with van der Waals surface area (Å²) >= 11 is 0. The Morgan fingerprint density at radius 1 is 1.04 bits per heavy atom. The van der Waals surface area contributed by atoms with Crippen molar-refractivity contribution < 1.29 is 22.3 Å². The molecule has 1 aliphatic rings. The van der Waals surface area contributed by atoms with E-state index in [1.807, 2.05) is 18.2 Å². The summed E-state index contributed by atoms with van der Waals surface area (Å²) < 4.78 is 54.8. The molecule has 2 aromatic carbocycles. The van der Waals surface area contributed by atoms with Gasteiger partial charge in [0.25, 0.3) is 0 Å². The SMILES string of the molecule is C=C[C@H]1CC[C@H](c2ccc3c(F)c(OC(F)(F)F)ccc3c2)CC1. The van der Waals surface area contributed by atoms with Gasteiger partial charge >= 0.3 is 6.36 Å². The fourth-order valence-corrected chi connectivity index (χ4v) is 3.44. The van der Waals surface area contributed by atoms with Crippen molar-refractivity contribution in [2.45, 2.75) is 38.0 Å². The van der Waals surface area contributed by atoms with E-state index in [9.17, 15) is 17.6 Å². The normalized spacial score (nSPS) is 21.7. The smallest absolute Gasteiger partial charge is 0.403 e. The lowest BCUT2D eigenvalue weighted by molar-refractivity contribution is -0.275. The number of allylic oxidation sites excluding steroid dienone is 1. The zero-order chi connectivity index (χ0) is 17.3. The molecule has 0 bridgehead atoms. The van der Waals surface area contributed by atoms with E-state index in [-0.39, 0.29) is 5.39 Å². The first-order chi connectivity index (χ1) is 11.4. The molecule has 2 aromatic rings. The number of halogens is 4. The molecule has 5 heteroatoms. The van der Waals surface area contributed by atoms with Gasteiger partial charge in [0.15, 0.2) is 11.6 Å². The maximum atomic E-state index is 14.2. The van der Waals surface area contributed by atoms with Gasteiger partial charge in [-0.1, -0.05) is 30.3 Å². The van der Waals surface area contributed by atoms with E-state index >= 15 is 0 Å². The third kappa shape index (κ3) is 3.55. The van der Waals surface area contributed by atoms with Crippen LogP contribution in [0.15, 0.2) is 43.0 Å². The number of alkyl halides is 3. The molecule has 0 amide bonds. The number of fused-ring (bicyclic) bond motifs is 1. The van der Waals surface area contributed by atoms with Crippen LogP contribution in [0, 0.1) is 11.7 Å². The summed E-state index contributed by atoms with van der Waals surface area (Å²) in [6.07, 6.45) is 1.34. The van der Waals surface area contributed by atoms with Gasteiger partial charge in [0.05, 0.1) is 0 Å². The second-order valence-corrected chi connectivity index (χ2v) is 6.25. The van der Waals surface area contributed by atoms with Crippen LogP contribution >= 0.6 is 0 Å². The molecule has 0 radical (unpaired) electrons. The van der Waals surface area contributed by atoms with Crippen LogP contribution in [0.1, 0.15) is 37.2 Å². The van der Waals surface area contributed by atoms with E-state index < -0.39 is 17.9 Å². The lowest BCUT2D eigenvalue weighted by atomic mass is 9.78. The van der Waals surface area contributed by atoms with Crippen LogP contribution in [0.5, 0.6) is 5.75 Å². The Labute approximate surface area is 137 Å². The van der Waals surface area contributed by atoms with E-state index in [0.717, 1.165) is 37.3 Å². The van der Waals surface area contributed by atoms with Crippen molar-refractivity contribution in [3.8, 4) is 5.75 Å². The quantitative estimate of drug-likeness (QED) is 0.469. The lowest BCUT2D eigenvalue weighted by Crippen LogP contribution is -2.18.